The van der Waals surface area contributed by atoms with Gasteiger partial charge in [0.15, 0.2) is 0 Å². The van der Waals surface area contributed by atoms with Crippen LogP contribution in [0.15, 0.2) is 18.2 Å². The van der Waals surface area contributed by atoms with Crippen molar-refractivity contribution >= 4 is 5.91 Å². The number of hydrogen-bond donors (Lipinski definition) is 1. The van der Waals surface area contributed by atoms with Crippen LogP contribution < -0.4 is 5.73 Å². The van der Waals surface area contributed by atoms with E-state index in [4.69, 9.17) is 5.73 Å². The maximum absolute atomic E-state index is 13.6. The Balaban J connectivity index is 2.10. The van der Waals surface area contributed by atoms with Crippen LogP contribution in [0.3, 0.4) is 0 Å². The number of likely N-dealkylation sites (tertiary alicyclic amines) is 1. The third kappa shape index (κ3) is 3.15. The molecule has 1 fully saturated rings. The highest BCUT2D eigenvalue weighted by Crippen LogP contribution is 2.23. The van der Waals surface area contributed by atoms with Gasteiger partial charge >= 0.3 is 0 Å². The van der Waals surface area contributed by atoms with Crippen molar-refractivity contribution in [3.8, 4) is 0 Å². The van der Waals surface area contributed by atoms with Gasteiger partial charge in [0.05, 0.1) is 6.42 Å². The molecule has 1 aliphatic heterocycles. The monoisotopic (exact) mass is 282 g/mol. The molecule has 0 bridgehead atoms. The average molecular weight is 282 g/mol. The van der Waals surface area contributed by atoms with E-state index in [1.54, 1.807) is 4.90 Å². The van der Waals surface area contributed by atoms with E-state index in [1.165, 1.54) is 12.1 Å². The van der Waals surface area contributed by atoms with E-state index in [2.05, 4.69) is 6.92 Å². The van der Waals surface area contributed by atoms with Crippen LogP contribution in [0.4, 0.5) is 8.78 Å². The van der Waals surface area contributed by atoms with Gasteiger partial charge in [0.25, 0.3) is 0 Å². The molecule has 1 aromatic rings. The minimum atomic E-state index is -0.673. The second kappa shape index (κ2) is 6.31. The van der Waals surface area contributed by atoms with Gasteiger partial charge in [-0.05, 0) is 30.4 Å². The largest absolute Gasteiger partial charge is 0.338 e. The summed E-state index contributed by atoms with van der Waals surface area (Å²) in [5.74, 6) is -1.09. The minimum absolute atomic E-state index is 0.0137. The third-order valence-electron chi connectivity index (χ3n) is 4.03. The SMILES string of the molecule is CC1CCCN(C(=O)Cc2ccc(F)cc2F)C1CN. The molecular formula is C15H20F2N2O. The molecule has 0 radical (unpaired) electrons. The summed E-state index contributed by atoms with van der Waals surface area (Å²) >= 11 is 0. The van der Waals surface area contributed by atoms with Crippen molar-refractivity contribution in [2.45, 2.75) is 32.2 Å². The van der Waals surface area contributed by atoms with Gasteiger partial charge in [0, 0.05) is 25.2 Å². The first kappa shape index (κ1) is 14.9. The zero-order valence-electron chi connectivity index (χ0n) is 11.6. The fourth-order valence-corrected chi connectivity index (χ4v) is 2.85. The van der Waals surface area contributed by atoms with Gasteiger partial charge in [0.2, 0.25) is 5.91 Å². The highest BCUT2D eigenvalue weighted by molar-refractivity contribution is 5.79. The Kier molecular flexibility index (Phi) is 4.70. The van der Waals surface area contributed by atoms with Crippen molar-refractivity contribution in [3.63, 3.8) is 0 Å². The minimum Gasteiger partial charge on any atom is -0.338 e. The maximum atomic E-state index is 13.6. The number of piperidine rings is 1. The summed E-state index contributed by atoms with van der Waals surface area (Å²) in [4.78, 5) is 14.1. The smallest absolute Gasteiger partial charge is 0.227 e. The summed E-state index contributed by atoms with van der Waals surface area (Å²) in [6, 6.07) is 3.32. The van der Waals surface area contributed by atoms with Crippen molar-refractivity contribution in [1.82, 2.24) is 4.90 Å². The van der Waals surface area contributed by atoms with Gasteiger partial charge in [-0.1, -0.05) is 13.0 Å². The van der Waals surface area contributed by atoms with Crippen molar-refractivity contribution in [1.29, 1.82) is 0 Å². The van der Waals surface area contributed by atoms with Crippen molar-refractivity contribution < 1.29 is 13.6 Å². The van der Waals surface area contributed by atoms with Crippen LogP contribution in [0, 0.1) is 17.6 Å². The lowest BCUT2D eigenvalue weighted by Gasteiger charge is -2.39. The van der Waals surface area contributed by atoms with Gasteiger partial charge in [-0.25, -0.2) is 8.78 Å². The van der Waals surface area contributed by atoms with E-state index in [-0.39, 0.29) is 23.9 Å². The molecule has 0 aliphatic carbocycles. The topological polar surface area (TPSA) is 46.3 Å². The summed E-state index contributed by atoms with van der Waals surface area (Å²) in [6.45, 7) is 3.15. The van der Waals surface area contributed by atoms with Gasteiger partial charge in [-0.2, -0.15) is 0 Å². The molecule has 0 aromatic heterocycles. The van der Waals surface area contributed by atoms with Crippen LogP contribution in [0.1, 0.15) is 25.3 Å². The molecule has 1 amide bonds. The predicted molar refractivity (Wildman–Crippen MR) is 73.0 cm³/mol. The van der Waals surface area contributed by atoms with Crippen LogP contribution in [0.2, 0.25) is 0 Å². The quantitative estimate of drug-likeness (QED) is 0.922. The molecule has 2 unspecified atom stereocenters. The second-order valence-corrected chi connectivity index (χ2v) is 5.42. The van der Waals surface area contributed by atoms with E-state index >= 15 is 0 Å². The summed E-state index contributed by atoms with van der Waals surface area (Å²) in [5.41, 5.74) is 5.97. The van der Waals surface area contributed by atoms with Crippen LogP contribution in [0.5, 0.6) is 0 Å². The molecule has 1 aromatic carbocycles. The second-order valence-electron chi connectivity index (χ2n) is 5.42. The average Bonchev–Trinajstić information content (AvgIpc) is 2.41. The number of carbonyl (C=O) groups is 1. The Morgan fingerprint density at radius 3 is 2.85 bits per heavy atom. The zero-order valence-corrected chi connectivity index (χ0v) is 11.6. The number of benzene rings is 1. The first-order valence-corrected chi connectivity index (χ1v) is 6.96. The first-order chi connectivity index (χ1) is 9.52. The Bertz CT molecular complexity index is 493. The standard InChI is InChI=1S/C15H20F2N2O/c1-10-3-2-6-19(14(10)9-18)15(20)7-11-4-5-12(16)8-13(11)17/h4-5,8,10,14H,2-3,6-7,9,18H2,1H3. The fraction of sp³-hybridized carbons (Fsp3) is 0.533. The number of amides is 1. The lowest BCUT2D eigenvalue weighted by molar-refractivity contribution is -0.135. The molecule has 2 atom stereocenters. The summed E-state index contributed by atoms with van der Waals surface area (Å²) in [6.07, 6.45) is 1.95. The van der Waals surface area contributed by atoms with Crippen LogP contribution in [-0.2, 0) is 11.2 Å². The molecule has 0 saturated carbocycles. The highest BCUT2D eigenvalue weighted by Gasteiger charge is 2.30. The Morgan fingerprint density at radius 2 is 2.20 bits per heavy atom. The van der Waals surface area contributed by atoms with E-state index in [1.807, 2.05) is 0 Å². The molecule has 1 saturated heterocycles. The molecule has 0 spiro atoms. The van der Waals surface area contributed by atoms with Gasteiger partial charge in [0.1, 0.15) is 11.6 Å². The number of hydrogen-bond acceptors (Lipinski definition) is 2. The highest BCUT2D eigenvalue weighted by atomic mass is 19.1. The number of rotatable bonds is 3. The Labute approximate surface area is 117 Å². The Morgan fingerprint density at radius 1 is 1.45 bits per heavy atom. The number of nitrogens with zero attached hydrogens (tertiary/aromatic N) is 1. The summed E-state index contributed by atoms with van der Waals surface area (Å²) in [5, 5.41) is 0. The summed E-state index contributed by atoms with van der Waals surface area (Å²) in [7, 11) is 0. The Hall–Kier alpha value is -1.49. The molecule has 3 nitrogen and oxygen atoms in total. The first-order valence-electron chi connectivity index (χ1n) is 6.96. The normalized spacial score (nSPS) is 22.9. The van der Waals surface area contributed by atoms with E-state index < -0.39 is 11.6 Å². The van der Waals surface area contributed by atoms with Crippen LogP contribution in [-0.4, -0.2) is 29.9 Å². The molecule has 5 heteroatoms. The van der Waals surface area contributed by atoms with Crippen molar-refractivity contribution in [2.75, 3.05) is 13.1 Å². The maximum Gasteiger partial charge on any atom is 0.227 e. The lowest BCUT2D eigenvalue weighted by atomic mass is 9.90. The van der Waals surface area contributed by atoms with E-state index in [9.17, 15) is 13.6 Å². The fourth-order valence-electron chi connectivity index (χ4n) is 2.85. The number of halogens is 2. The van der Waals surface area contributed by atoms with Crippen molar-refractivity contribution in [3.05, 3.63) is 35.4 Å². The van der Waals surface area contributed by atoms with Gasteiger partial charge in [-0.3, -0.25) is 4.79 Å². The van der Waals surface area contributed by atoms with Crippen molar-refractivity contribution in [2.24, 2.45) is 11.7 Å². The van der Waals surface area contributed by atoms with Gasteiger partial charge in [-0.15, -0.1) is 0 Å². The van der Waals surface area contributed by atoms with E-state index in [0.29, 0.717) is 19.0 Å². The van der Waals surface area contributed by atoms with Crippen LogP contribution >= 0.6 is 0 Å². The molecule has 20 heavy (non-hydrogen) atoms. The molecule has 1 aliphatic rings. The van der Waals surface area contributed by atoms with Gasteiger partial charge < -0.3 is 10.6 Å². The number of nitrogens with two attached hydrogens (primary N) is 1. The molecule has 110 valence electrons. The predicted octanol–water partition coefficient (Wildman–Crippen LogP) is 2.09. The van der Waals surface area contributed by atoms with Crippen LogP contribution in [0.25, 0.3) is 0 Å². The number of carbonyl (C=O) groups excluding carboxylic acids is 1. The molecule has 2 rings (SSSR count). The molecular weight excluding hydrogens is 262 g/mol. The molecule has 1 heterocycles. The summed E-state index contributed by atoms with van der Waals surface area (Å²) < 4.78 is 26.5. The zero-order chi connectivity index (χ0) is 14.7. The lowest BCUT2D eigenvalue weighted by Crippen LogP contribution is -2.51. The third-order valence-corrected chi connectivity index (χ3v) is 4.03. The molecule has 2 N–H and O–H groups in total. The van der Waals surface area contributed by atoms with E-state index in [0.717, 1.165) is 18.9 Å².